The summed E-state index contributed by atoms with van der Waals surface area (Å²) in [6.07, 6.45) is 1.51. The van der Waals surface area contributed by atoms with Crippen LogP contribution in [0.15, 0.2) is 18.3 Å². The van der Waals surface area contributed by atoms with Gasteiger partial charge >= 0.3 is 0 Å². The zero-order valence-electron chi connectivity index (χ0n) is 11.9. The van der Waals surface area contributed by atoms with Gasteiger partial charge in [-0.05, 0) is 19.1 Å². The van der Waals surface area contributed by atoms with Gasteiger partial charge in [-0.3, -0.25) is 14.9 Å². The van der Waals surface area contributed by atoms with E-state index in [-0.39, 0.29) is 17.3 Å². The topological polar surface area (TPSA) is 101 Å². The number of carbonyl (C=O) groups excluding carboxylic acids is 2. The number of nitrogen functional groups attached to an aromatic ring is 1. The Balaban J connectivity index is 2.21. The first-order valence-corrected chi connectivity index (χ1v) is 6.92. The lowest BCUT2D eigenvalue weighted by Gasteiger charge is -2.07. The summed E-state index contributed by atoms with van der Waals surface area (Å²) in [4.78, 5) is 34.0. The highest BCUT2D eigenvalue weighted by Crippen LogP contribution is 2.24. The van der Waals surface area contributed by atoms with Crippen LogP contribution in [0.5, 0.6) is 0 Å². The van der Waals surface area contributed by atoms with Crippen molar-refractivity contribution in [3.63, 3.8) is 0 Å². The Hall–Kier alpha value is -2.48. The van der Waals surface area contributed by atoms with Gasteiger partial charge in [-0.15, -0.1) is 0 Å². The molecule has 8 heteroatoms. The average Bonchev–Trinajstić information content (AvgIpc) is 2.78. The molecule has 3 N–H and O–H groups in total. The van der Waals surface area contributed by atoms with Gasteiger partial charge < -0.3 is 10.6 Å². The van der Waals surface area contributed by atoms with E-state index in [9.17, 15) is 9.59 Å². The first-order valence-electron chi connectivity index (χ1n) is 6.11. The number of anilines is 2. The van der Waals surface area contributed by atoms with Crippen molar-refractivity contribution in [1.29, 1.82) is 0 Å². The highest BCUT2D eigenvalue weighted by Gasteiger charge is 2.19. The Kier molecular flexibility index (Phi) is 4.18. The van der Waals surface area contributed by atoms with Gasteiger partial charge in [0.1, 0.15) is 10.7 Å². The molecule has 0 fully saturated rings. The second-order valence-electron chi connectivity index (χ2n) is 4.52. The summed E-state index contributed by atoms with van der Waals surface area (Å²) in [5.74, 6) is -0.405. The van der Waals surface area contributed by atoms with Crippen LogP contribution in [0.4, 0.5) is 10.9 Å². The van der Waals surface area contributed by atoms with Gasteiger partial charge in [0.15, 0.2) is 5.13 Å². The molecule has 0 bridgehead atoms. The van der Waals surface area contributed by atoms with Crippen molar-refractivity contribution in [1.82, 2.24) is 14.9 Å². The molecular formula is C13H15N5O2S. The summed E-state index contributed by atoms with van der Waals surface area (Å²) >= 11 is 1.13. The van der Waals surface area contributed by atoms with E-state index in [0.717, 1.165) is 11.3 Å². The largest absolute Gasteiger partial charge is 0.383 e. The van der Waals surface area contributed by atoms with E-state index < -0.39 is 5.91 Å². The third-order valence-corrected chi connectivity index (χ3v) is 3.76. The molecule has 2 aromatic heterocycles. The Morgan fingerprint density at radius 3 is 2.71 bits per heavy atom. The maximum absolute atomic E-state index is 12.1. The Morgan fingerprint density at radius 2 is 2.10 bits per heavy atom. The number of amides is 2. The number of hydrogen-bond donors (Lipinski definition) is 2. The molecule has 2 heterocycles. The fraction of sp³-hybridized carbons (Fsp3) is 0.231. The normalized spacial score (nSPS) is 10.2. The predicted molar refractivity (Wildman–Crippen MR) is 81.5 cm³/mol. The minimum Gasteiger partial charge on any atom is -0.383 e. The van der Waals surface area contributed by atoms with Crippen molar-refractivity contribution in [2.75, 3.05) is 25.1 Å². The highest BCUT2D eigenvalue weighted by molar-refractivity contribution is 7.17. The number of rotatable bonds is 3. The van der Waals surface area contributed by atoms with Crippen LogP contribution in [0.2, 0.25) is 0 Å². The maximum Gasteiger partial charge on any atom is 0.265 e. The highest BCUT2D eigenvalue weighted by atomic mass is 32.1. The molecule has 0 radical (unpaired) electrons. The van der Waals surface area contributed by atoms with Gasteiger partial charge in [0.2, 0.25) is 0 Å². The van der Waals surface area contributed by atoms with Crippen LogP contribution in [0, 0.1) is 6.92 Å². The maximum atomic E-state index is 12.1. The quantitative estimate of drug-likeness (QED) is 0.892. The third-order valence-electron chi connectivity index (χ3n) is 2.70. The van der Waals surface area contributed by atoms with Gasteiger partial charge in [-0.25, -0.2) is 9.97 Å². The molecule has 0 aliphatic carbocycles. The number of nitrogens with two attached hydrogens (primary N) is 1. The molecule has 0 atom stereocenters. The molecule has 7 nitrogen and oxygen atoms in total. The van der Waals surface area contributed by atoms with Gasteiger partial charge in [0.25, 0.3) is 11.8 Å². The lowest BCUT2D eigenvalue weighted by molar-refractivity contribution is 0.0831. The monoisotopic (exact) mass is 305 g/mol. The number of thiazole rings is 1. The summed E-state index contributed by atoms with van der Waals surface area (Å²) in [5, 5.41) is 2.98. The molecule has 2 amide bonds. The van der Waals surface area contributed by atoms with E-state index in [1.54, 1.807) is 33.2 Å². The van der Waals surface area contributed by atoms with Crippen LogP contribution in [0.25, 0.3) is 0 Å². The van der Waals surface area contributed by atoms with Crippen LogP contribution in [0.1, 0.15) is 25.7 Å². The summed E-state index contributed by atoms with van der Waals surface area (Å²) in [7, 11) is 3.33. The van der Waals surface area contributed by atoms with Gasteiger partial charge in [0, 0.05) is 20.3 Å². The molecule has 0 aliphatic rings. The number of aryl methyl sites for hydroxylation is 1. The van der Waals surface area contributed by atoms with Crippen molar-refractivity contribution < 1.29 is 9.59 Å². The molecule has 0 aliphatic heterocycles. The fourth-order valence-corrected chi connectivity index (χ4v) is 2.61. The number of nitrogens with one attached hydrogen (secondary N) is 1. The molecule has 0 saturated heterocycles. The number of hydrogen-bond acceptors (Lipinski definition) is 6. The van der Waals surface area contributed by atoms with Gasteiger partial charge in [0.05, 0.1) is 11.3 Å². The summed E-state index contributed by atoms with van der Waals surface area (Å²) in [6.45, 7) is 1.72. The SMILES string of the molecule is Cc1nc(NC(=O)c2cccnc2N)sc1C(=O)N(C)C. The first kappa shape index (κ1) is 14.9. The van der Waals surface area contributed by atoms with E-state index in [4.69, 9.17) is 5.73 Å². The fourth-order valence-electron chi connectivity index (χ4n) is 1.63. The average molecular weight is 305 g/mol. The molecule has 0 spiro atoms. The summed E-state index contributed by atoms with van der Waals surface area (Å²) in [5.41, 5.74) is 6.49. The molecule has 110 valence electrons. The van der Waals surface area contributed by atoms with Crippen molar-refractivity contribution in [3.05, 3.63) is 34.5 Å². The lowest BCUT2D eigenvalue weighted by Crippen LogP contribution is -2.21. The van der Waals surface area contributed by atoms with Crippen LogP contribution < -0.4 is 11.1 Å². The van der Waals surface area contributed by atoms with Crippen LogP contribution in [0.3, 0.4) is 0 Å². The zero-order valence-corrected chi connectivity index (χ0v) is 12.7. The number of aromatic nitrogens is 2. The van der Waals surface area contributed by atoms with Crippen molar-refractivity contribution in [2.24, 2.45) is 0 Å². The van der Waals surface area contributed by atoms with Crippen LogP contribution >= 0.6 is 11.3 Å². The molecule has 2 aromatic rings. The first-order chi connectivity index (χ1) is 9.90. The molecule has 0 aromatic carbocycles. The standard InChI is InChI=1S/C13H15N5O2S/c1-7-9(12(20)18(2)3)21-13(16-7)17-11(19)8-5-4-6-15-10(8)14/h4-6H,1-3H3,(H2,14,15)(H,16,17,19). The molecule has 0 saturated carbocycles. The minimum absolute atomic E-state index is 0.146. The van der Waals surface area contributed by atoms with Gasteiger partial charge in [-0.1, -0.05) is 11.3 Å². The Morgan fingerprint density at radius 1 is 1.38 bits per heavy atom. The number of pyridine rings is 1. The lowest BCUT2D eigenvalue weighted by atomic mass is 10.2. The third kappa shape index (κ3) is 3.16. The minimum atomic E-state index is -0.404. The van der Waals surface area contributed by atoms with E-state index in [2.05, 4.69) is 15.3 Å². The molecule has 21 heavy (non-hydrogen) atoms. The zero-order chi connectivity index (χ0) is 15.6. The predicted octanol–water partition coefficient (Wildman–Crippen LogP) is 1.38. The van der Waals surface area contributed by atoms with Gasteiger partial charge in [-0.2, -0.15) is 0 Å². The Bertz CT molecular complexity index is 696. The number of nitrogens with zero attached hydrogens (tertiary/aromatic N) is 3. The molecular weight excluding hydrogens is 290 g/mol. The summed E-state index contributed by atoms with van der Waals surface area (Å²) < 4.78 is 0. The molecule has 0 unspecified atom stereocenters. The van der Waals surface area contributed by atoms with E-state index in [1.165, 1.54) is 11.1 Å². The number of carbonyl (C=O) groups is 2. The van der Waals surface area contributed by atoms with Crippen molar-refractivity contribution in [2.45, 2.75) is 6.92 Å². The second-order valence-corrected chi connectivity index (χ2v) is 5.52. The smallest absolute Gasteiger partial charge is 0.265 e. The Labute approximate surface area is 125 Å². The van der Waals surface area contributed by atoms with E-state index in [0.29, 0.717) is 15.7 Å². The van der Waals surface area contributed by atoms with Crippen molar-refractivity contribution in [3.8, 4) is 0 Å². The second kappa shape index (κ2) is 5.88. The molecule has 2 rings (SSSR count). The summed E-state index contributed by atoms with van der Waals surface area (Å²) in [6, 6.07) is 3.20. The van der Waals surface area contributed by atoms with Crippen LogP contribution in [-0.4, -0.2) is 40.8 Å². The van der Waals surface area contributed by atoms with Crippen LogP contribution in [-0.2, 0) is 0 Å². The van der Waals surface area contributed by atoms with E-state index in [1.807, 2.05) is 0 Å². The van der Waals surface area contributed by atoms with E-state index >= 15 is 0 Å². The van der Waals surface area contributed by atoms with Crippen molar-refractivity contribution >= 4 is 34.1 Å².